The van der Waals surface area contributed by atoms with E-state index in [0.717, 1.165) is 30.1 Å². The van der Waals surface area contributed by atoms with Gasteiger partial charge in [0.2, 0.25) is 0 Å². The monoisotopic (exact) mass is 289 g/mol. The summed E-state index contributed by atoms with van der Waals surface area (Å²) in [6, 6.07) is 7.63. The van der Waals surface area contributed by atoms with Crippen LogP contribution in [0.2, 0.25) is 0 Å². The largest absolute Gasteiger partial charge is 0.484 e. The van der Waals surface area contributed by atoms with Crippen LogP contribution in [0, 0.1) is 11.8 Å². The molecule has 0 radical (unpaired) electrons. The van der Waals surface area contributed by atoms with Gasteiger partial charge in [-0.05, 0) is 18.6 Å². The van der Waals surface area contributed by atoms with E-state index < -0.39 is 0 Å². The molecule has 0 bridgehead atoms. The van der Waals surface area contributed by atoms with Crippen LogP contribution in [-0.4, -0.2) is 20.6 Å². The highest BCUT2D eigenvalue weighted by atomic mass is 35.5. The number of ether oxygens (including phenoxy) is 1. The summed E-state index contributed by atoms with van der Waals surface area (Å²) in [4.78, 5) is 4.21. The van der Waals surface area contributed by atoms with Crippen molar-refractivity contribution in [2.75, 3.05) is 5.88 Å². The third-order valence-electron chi connectivity index (χ3n) is 2.66. The zero-order chi connectivity index (χ0) is 14.2. The molecule has 20 heavy (non-hydrogen) atoms. The van der Waals surface area contributed by atoms with Gasteiger partial charge in [-0.1, -0.05) is 30.9 Å². The molecule has 1 heterocycles. The molecule has 2 rings (SSSR count). The molecule has 2 aromatic rings. The van der Waals surface area contributed by atoms with Gasteiger partial charge in [0.25, 0.3) is 0 Å². The second-order valence-electron chi connectivity index (χ2n) is 4.12. The van der Waals surface area contributed by atoms with Crippen molar-refractivity contribution < 1.29 is 4.74 Å². The van der Waals surface area contributed by atoms with Crippen molar-refractivity contribution in [3.63, 3.8) is 0 Å². The third-order valence-corrected chi connectivity index (χ3v) is 2.80. The molecule has 0 atom stereocenters. The van der Waals surface area contributed by atoms with Gasteiger partial charge in [-0.25, -0.2) is 9.67 Å². The first-order valence-corrected chi connectivity index (χ1v) is 7.02. The molecule has 0 aliphatic carbocycles. The molecule has 0 aliphatic rings. The number of para-hydroxylation sites is 1. The molecule has 0 fully saturated rings. The fourth-order valence-electron chi connectivity index (χ4n) is 1.77. The van der Waals surface area contributed by atoms with Crippen LogP contribution in [0.15, 0.2) is 30.6 Å². The predicted octanol–water partition coefficient (Wildman–Crippen LogP) is 2.86. The number of aryl methyl sites for hydroxylation is 1. The predicted molar refractivity (Wildman–Crippen MR) is 78.7 cm³/mol. The van der Waals surface area contributed by atoms with E-state index in [1.807, 2.05) is 28.9 Å². The maximum atomic E-state index is 5.80. The zero-order valence-corrected chi connectivity index (χ0v) is 12.1. The van der Waals surface area contributed by atoms with E-state index in [4.69, 9.17) is 16.3 Å². The number of alkyl halides is 1. The molecule has 4 nitrogen and oxygen atoms in total. The molecule has 0 aliphatic heterocycles. The normalized spacial score (nSPS) is 9.90. The van der Waals surface area contributed by atoms with E-state index in [-0.39, 0.29) is 0 Å². The second-order valence-corrected chi connectivity index (χ2v) is 4.39. The van der Waals surface area contributed by atoms with E-state index >= 15 is 0 Å². The lowest BCUT2D eigenvalue weighted by atomic mass is 10.2. The Labute approximate surface area is 123 Å². The highest BCUT2D eigenvalue weighted by Gasteiger charge is 2.06. The van der Waals surface area contributed by atoms with Crippen molar-refractivity contribution in [2.45, 2.75) is 26.5 Å². The molecule has 5 heteroatoms. The van der Waals surface area contributed by atoms with Crippen molar-refractivity contribution in [1.82, 2.24) is 14.8 Å². The van der Waals surface area contributed by atoms with Gasteiger partial charge >= 0.3 is 0 Å². The molecule has 0 N–H and O–H groups in total. The highest BCUT2D eigenvalue weighted by molar-refractivity contribution is 6.19. The second kappa shape index (κ2) is 7.56. The van der Waals surface area contributed by atoms with Crippen LogP contribution >= 0.6 is 11.6 Å². The summed E-state index contributed by atoms with van der Waals surface area (Å²) in [7, 11) is 0. The lowest BCUT2D eigenvalue weighted by Gasteiger charge is -2.08. The molecule has 1 aromatic heterocycles. The van der Waals surface area contributed by atoms with E-state index in [2.05, 4.69) is 28.8 Å². The minimum atomic E-state index is 0.305. The van der Waals surface area contributed by atoms with E-state index in [1.165, 1.54) is 0 Å². The van der Waals surface area contributed by atoms with Gasteiger partial charge < -0.3 is 4.74 Å². The Morgan fingerprint density at radius 1 is 1.35 bits per heavy atom. The van der Waals surface area contributed by atoms with E-state index in [9.17, 15) is 0 Å². The Morgan fingerprint density at radius 3 is 3.00 bits per heavy atom. The minimum absolute atomic E-state index is 0.305. The minimum Gasteiger partial charge on any atom is -0.484 e. The number of hydrogen-bond donors (Lipinski definition) is 0. The van der Waals surface area contributed by atoms with Gasteiger partial charge in [-0.3, -0.25) is 0 Å². The lowest BCUT2D eigenvalue weighted by Crippen LogP contribution is -2.08. The van der Waals surface area contributed by atoms with Crippen LogP contribution in [0.4, 0.5) is 0 Å². The Kier molecular flexibility index (Phi) is 5.45. The molecule has 0 spiro atoms. The number of aromatic nitrogens is 3. The fourth-order valence-corrected chi connectivity index (χ4v) is 1.83. The number of halogens is 1. The van der Waals surface area contributed by atoms with Crippen molar-refractivity contribution in [3.8, 4) is 17.6 Å². The Morgan fingerprint density at radius 2 is 2.20 bits per heavy atom. The summed E-state index contributed by atoms with van der Waals surface area (Å²) in [5.41, 5.74) is 0.828. The highest BCUT2D eigenvalue weighted by Crippen LogP contribution is 2.17. The molecular formula is C15H16ClN3O. The van der Waals surface area contributed by atoms with Crippen molar-refractivity contribution in [1.29, 1.82) is 0 Å². The Hall–Kier alpha value is -1.99. The maximum Gasteiger partial charge on any atom is 0.164 e. The van der Waals surface area contributed by atoms with Gasteiger partial charge in [-0.2, -0.15) is 5.10 Å². The average Bonchev–Trinajstić information content (AvgIpc) is 2.91. The lowest BCUT2D eigenvalue weighted by molar-refractivity contribution is 0.285. The molecule has 0 saturated carbocycles. The molecule has 0 unspecified atom stereocenters. The van der Waals surface area contributed by atoms with Crippen LogP contribution < -0.4 is 4.74 Å². The zero-order valence-electron chi connectivity index (χ0n) is 11.3. The van der Waals surface area contributed by atoms with Gasteiger partial charge in [0.05, 0.1) is 11.4 Å². The first-order valence-electron chi connectivity index (χ1n) is 6.48. The Bertz CT molecular complexity index is 613. The van der Waals surface area contributed by atoms with Gasteiger partial charge in [0.15, 0.2) is 5.82 Å². The van der Waals surface area contributed by atoms with Crippen molar-refractivity contribution in [2.24, 2.45) is 0 Å². The smallest absolute Gasteiger partial charge is 0.164 e. The van der Waals surface area contributed by atoms with Crippen molar-refractivity contribution >= 4 is 11.6 Å². The quantitative estimate of drug-likeness (QED) is 0.628. The van der Waals surface area contributed by atoms with E-state index in [1.54, 1.807) is 6.33 Å². The molecule has 0 amide bonds. The van der Waals surface area contributed by atoms with Crippen LogP contribution in [0.25, 0.3) is 0 Å². The standard InChI is InChI=1S/C15H16ClN3O/c1-2-10-19-15(17-12-18-19)11-20-14-8-4-3-6-13(14)7-5-9-16/h3-4,6,8,12H,2,9-11H2,1H3. The molecule has 104 valence electrons. The van der Waals surface area contributed by atoms with Crippen LogP contribution in [0.3, 0.4) is 0 Å². The number of nitrogens with zero attached hydrogens (tertiary/aromatic N) is 3. The summed E-state index contributed by atoms with van der Waals surface area (Å²) in [5.74, 6) is 7.66. The van der Waals surface area contributed by atoms with Crippen LogP contribution in [0.5, 0.6) is 5.75 Å². The number of rotatable bonds is 5. The molecular weight excluding hydrogens is 274 g/mol. The third kappa shape index (κ3) is 3.75. The maximum absolute atomic E-state index is 5.80. The van der Waals surface area contributed by atoms with Gasteiger partial charge in [0, 0.05) is 6.54 Å². The summed E-state index contributed by atoms with van der Waals surface area (Å²) < 4.78 is 7.65. The first kappa shape index (κ1) is 14.4. The van der Waals surface area contributed by atoms with Crippen LogP contribution in [-0.2, 0) is 13.2 Å². The van der Waals surface area contributed by atoms with E-state index in [0.29, 0.717) is 12.5 Å². The summed E-state index contributed by atoms with van der Waals surface area (Å²) in [5, 5.41) is 4.17. The van der Waals surface area contributed by atoms with Gasteiger partial charge in [-0.15, -0.1) is 11.6 Å². The van der Waals surface area contributed by atoms with Gasteiger partial charge in [0.1, 0.15) is 18.7 Å². The summed E-state index contributed by atoms with van der Waals surface area (Å²) >= 11 is 5.58. The molecule has 1 aromatic carbocycles. The average molecular weight is 290 g/mol. The Balaban J connectivity index is 2.09. The van der Waals surface area contributed by atoms with Crippen molar-refractivity contribution in [3.05, 3.63) is 42.0 Å². The first-order chi connectivity index (χ1) is 9.85. The van der Waals surface area contributed by atoms with Crippen LogP contribution in [0.1, 0.15) is 24.7 Å². The summed E-state index contributed by atoms with van der Waals surface area (Å²) in [6.07, 6.45) is 2.56. The number of hydrogen-bond acceptors (Lipinski definition) is 3. The molecule has 0 saturated heterocycles. The summed E-state index contributed by atoms with van der Waals surface area (Å²) in [6.45, 7) is 3.31. The topological polar surface area (TPSA) is 39.9 Å². The fraction of sp³-hybridized carbons (Fsp3) is 0.333. The number of benzene rings is 1. The SMILES string of the molecule is CCCn1ncnc1COc1ccccc1C#CCCl.